The van der Waals surface area contributed by atoms with Gasteiger partial charge < -0.3 is 29.2 Å². The number of rotatable bonds is 15. The molecule has 0 fully saturated rings. The number of fused-ring (bicyclic) bond motifs is 1. The van der Waals surface area contributed by atoms with Gasteiger partial charge in [0.25, 0.3) is 0 Å². The second-order valence-electron chi connectivity index (χ2n) is 24.2. The lowest BCUT2D eigenvalue weighted by Gasteiger charge is -2.28. The molecule has 77 heavy (non-hydrogen) atoms. The number of aromatic nitrogens is 1. The molecule has 1 aliphatic rings. The number of allylic oxidation sites excluding steroid dienone is 5. The first-order valence-corrected chi connectivity index (χ1v) is 27.2. The predicted molar refractivity (Wildman–Crippen MR) is 314 cm³/mol. The highest BCUT2D eigenvalue weighted by Crippen LogP contribution is 2.45. The van der Waals surface area contributed by atoms with Crippen molar-refractivity contribution < 1.29 is 38.2 Å². The maximum atomic E-state index is 17.5. The molecule has 1 aromatic heterocycles. The summed E-state index contributed by atoms with van der Waals surface area (Å²) in [6.45, 7) is 33.2. The Hall–Kier alpha value is -7.20. The van der Waals surface area contributed by atoms with E-state index in [4.69, 9.17) is 9.47 Å². The van der Waals surface area contributed by atoms with Crippen molar-refractivity contribution in [2.45, 2.75) is 132 Å². The molecule has 0 amide bonds. The van der Waals surface area contributed by atoms with Crippen LogP contribution in [-0.2, 0) is 37.7 Å². The summed E-state index contributed by atoms with van der Waals surface area (Å²) in [5.74, 6) is -0.914. The Kier molecular flexibility index (Phi) is 17.0. The summed E-state index contributed by atoms with van der Waals surface area (Å²) in [7, 11) is 0. The number of carbonyl (C=O) groups excluding carboxylic acids is 2. The molecular formula is C67H81FN3O6+. The number of ether oxygens (including phenoxy) is 2. The number of halogens is 1. The van der Waals surface area contributed by atoms with E-state index in [0.29, 0.717) is 77.4 Å². The van der Waals surface area contributed by atoms with E-state index in [1.807, 2.05) is 162 Å². The highest BCUT2D eigenvalue weighted by atomic mass is 19.1. The van der Waals surface area contributed by atoms with E-state index in [-0.39, 0.29) is 24.7 Å². The van der Waals surface area contributed by atoms with Crippen LogP contribution < -0.4 is 4.90 Å². The van der Waals surface area contributed by atoms with E-state index in [1.165, 1.54) is 0 Å². The number of anilines is 1. The lowest BCUT2D eigenvalue weighted by molar-refractivity contribution is -0.524. The first kappa shape index (κ1) is 57.5. The number of nitrogens with zero attached hydrogens (tertiary/aromatic N) is 3. The number of likely N-dealkylation sites (N-methyl/N-ethyl adjacent to an activating group) is 2. The standard InChI is InChI=1S/C67H80FN3O6/c1-16-69(34-36-76-62(74)45-38-51(64(4,5)6)60(72)52(39-45)65(7,8)9)47-30-28-43(29-31-47)57(58-50-26-22-23-27-56(50)71(18-3)59(58)44-24-20-19-21-25-44)49-33-32-48(42-55(49)68)70(17-2)35-37-77-63(75)46-40-53(66(10,11)12)61(73)54(41-46)67(13,14)15/h19-33,38-42H,16-18,34-37H2,1-15H3,(H-,72,73,74,75)/p+1. The number of phenolic OH excluding ortho intramolecular Hbond substituents is 2. The van der Waals surface area contributed by atoms with Gasteiger partial charge in [0.15, 0.2) is 18.9 Å². The molecule has 7 rings (SSSR count). The van der Waals surface area contributed by atoms with E-state index in [0.717, 1.165) is 44.6 Å². The second kappa shape index (κ2) is 22.8. The lowest BCUT2D eigenvalue weighted by atomic mass is 9.78. The quantitative estimate of drug-likeness (QED) is 0.0780. The molecule has 1 aliphatic carbocycles. The van der Waals surface area contributed by atoms with Crippen molar-refractivity contribution in [2.24, 2.45) is 0 Å². The molecular weight excluding hydrogens is 962 g/mol. The monoisotopic (exact) mass is 1040 g/mol. The van der Waals surface area contributed by atoms with Crippen LogP contribution in [0.3, 0.4) is 0 Å². The topological polar surface area (TPSA) is 104 Å². The van der Waals surface area contributed by atoms with Crippen LogP contribution in [0.2, 0.25) is 0 Å². The normalized spacial score (nSPS) is 13.1. The number of carbonyl (C=O) groups is 2. The Morgan fingerprint density at radius 2 is 1.12 bits per heavy atom. The van der Waals surface area contributed by atoms with Gasteiger partial charge in [0, 0.05) is 80.8 Å². The third-order valence-electron chi connectivity index (χ3n) is 14.6. The molecule has 0 radical (unpaired) electrons. The number of benzene rings is 5. The molecule has 0 unspecified atom stereocenters. The zero-order valence-corrected chi connectivity index (χ0v) is 48.2. The SMILES string of the molecule is CCN(CCOC(=O)c1cc(C(C)(C)C)c(O)c(C(C)(C)C)c1)c1ccc(C(=C2C=CC(=[N+](CC)CCOC(=O)c3cc(C(C)(C)C)c(O)c(C(C)(C)C)c3)C=C2)c2c(-c3ccccc3)n(CC)c3ccccc23)c(F)c1. The molecule has 0 spiro atoms. The largest absolute Gasteiger partial charge is 0.507 e. The maximum Gasteiger partial charge on any atom is 0.338 e. The molecule has 0 bridgehead atoms. The third-order valence-corrected chi connectivity index (χ3v) is 14.6. The van der Waals surface area contributed by atoms with Crippen molar-refractivity contribution in [2.75, 3.05) is 44.3 Å². The van der Waals surface area contributed by atoms with Crippen LogP contribution in [0.15, 0.2) is 127 Å². The van der Waals surface area contributed by atoms with Crippen LogP contribution in [0.1, 0.15) is 158 Å². The predicted octanol–water partition coefficient (Wildman–Crippen LogP) is 15.0. The van der Waals surface area contributed by atoms with E-state index >= 15 is 4.39 Å². The first-order valence-electron chi connectivity index (χ1n) is 27.2. The number of esters is 2. The van der Waals surface area contributed by atoms with Gasteiger partial charge in [-0.3, -0.25) is 0 Å². The molecule has 0 atom stereocenters. The lowest BCUT2D eigenvalue weighted by Crippen LogP contribution is -2.28. The van der Waals surface area contributed by atoms with Crippen molar-refractivity contribution in [3.05, 3.63) is 177 Å². The second-order valence-corrected chi connectivity index (χ2v) is 24.2. The summed E-state index contributed by atoms with van der Waals surface area (Å²) in [5.41, 5.74) is 9.50. The van der Waals surface area contributed by atoms with Gasteiger partial charge in [0.05, 0.1) is 23.4 Å². The van der Waals surface area contributed by atoms with Crippen molar-refractivity contribution in [3.63, 3.8) is 0 Å². The van der Waals surface area contributed by atoms with Crippen molar-refractivity contribution in [1.82, 2.24) is 4.57 Å². The molecule has 10 heteroatoms. The summed E-state index contributed by atoms with van der Waals surface area (Å²) in [5, 5.41) is 23.5. The number of hydrogen-bond donors (Lipinski definition) is 2. The number of phenols is 2. The maximum absolute atomic E-state index is 17.5. The minimum atomic E-state index is -0.482. The summed E-state index contributed by atoms with van der Waals surface area (Å²) < 4.78 is 33.8. The average Bonchev–Trinajstić information content (AvgIpc) is 3.73. The van der Waals surface area contributed by atoms with Gasteiger partial charge in [-0.1, -0.05) is 132 Å². The number of hydrogen-bond acceptors (Lipinski definition) is 7. The van der Waals surface area contributed by atoms with E-state index < -0.39 is 39.4 Å². The van der Waals surface area contributed by atoms with Crippen LogP contribution in [0.25, 0.3) is 27.7 Å². The Morgan fingerprint density at radius 3 is 1.58 bits per heavy atom. The fourth-order valence-corrected chi connectivity index (χ4v) is 10.4. The fourth-order valence-electron chi connectivity index (χ4n) is 10.4. The number of para-hydroxylation sites is 1. The average molecular weight is 1040 g/mol. The summed E-state index contributed by atoms with van der Waals surface area (Å²) in [6.07, 6.45) is 8.19. The van der Waals surface area contributed by atoms with Gasteiger partial charge in [-0.15, -0.1) is 0 Å². The van der Waals surface area contributed by atoms with Crippen molar-refractivity contribution in [3.8, 4) is 22.8 Å². The molecule has 6 aromatic rings. The Morgan fingerprint density at radius 1 is 0.623 bits per heavy atom. The third kappa shape index (κ3) is 12.5. The molecule has 2 N–H and O–H groups in total. The van der Waals surface area contributed by atoms with Gasteiger partial charge >= 0.3 is 11.9 Å². The van der Waals surface area contributed by atoms with Gasteiger partial charge in [-0.05, 0) is 114 Å². The Balaban J connectivity index is 1.23. The van der Waals surface area contributed by atoms with Gasteiger partial charge in [0.1, 0.15) is 30.5 Å². The molecule has 0 aliphatic heterocycles. The Bertz CT molecular complexity index is 3220. The zero-order chi connectivity index (χ0) is 56.4. The summed E-state index contributed by atoms with van der Waals surface area (Å²) in [4.78, 5) is 29.3. The van der Waals surface area contributed by atoms with E-state index in [2.05, 4.69) is 47.3 Å². The number of aryl methyl sites for hydroxylation is 1. The van der Waals surface area contributed by atoms with Crippen molar-refractivity contribution in [1.29, 1.82) is 0 Å². The van der Waals surface area contributed by atoms with Crippen LogP contribution in [0, 0.1) is 5.82 Å². The minimum absolute atomic E-state index is 0.0690. The molecule has 9 nitrogen and oxygen atoms in total. The van der Waals surface area contributed by atoms with Gasteiger partial charge in [-0.25, -0.2) is 18.6 Å². The molecule has 5 aromatic carbocycles. The van der Waals surface area contributed by atoms with Gasteiger partial charge in [0.2, 0.25) is 0 Å². The summed E-state index contributed by atoms with van der Waals surface area (Å²) >= 11 is 0. The Labute approximate surface area is 457 Å². The van der Waals surface area contributed by atoms with E-state index in [1.54, 1.807) is 30.3 Å². The highest BCUT2D eigenvalue weighted by molar-refractivity contribution is 6.09. The van der Waals surface area contributed by atoms with Crippen LogP contribution >= 0.6 is 0 Å². The van der Waals surface area contributed by atoms with Crippen LogP contribution in [-0.4, -0.2) is 76.4 Å². The minimum Gasteiger partial charge on any atom is -0.507 e. The zero-order valence-electron chi connectivity index (χ0n) is 48.2. The van der Waals surface area contributed by atoms with Gasteiger partial charge in [-0.2, -0.15) is 0 Å². The molecule has 0 saturated heterocycles. The number of aromatic hydroxyl groups is 2. The first-order chi connectivity index (χ1) is 36.2. The fraction of sp³-hybridized carbons (Fsp3) is 0.388. The van der Waals surface area contributed by atoms with E-state index in [9.17, 15) is 19.8 Å². The van der Waals surface area contributed by atoms with Crippen LogP contribution in [0.4, 0.5) is 10.1 Å². The summed E-state index contributed by atoms with van der Waals surface area (Å²) in [6, 6.07) is 30.9. The highest BCUT2D eigenvalue weighted by Gasteiger charge is 2.31. The molecule has 0 saturated carbocycles. The van der Waals surface area contributed by atoms with Crippen LogP contribution in [0.5, 0.6) is 11.5 Å². The molecule has 406 valence electrons. The van der Waals surface area contributed by atoms with Crippen molar-refractivity contribution >= 4 is 39.8 Å². The molecule has 1 heterocycles. The smallest absolute Gasteiger partial charge is 0.338 e.